The smallest absolute Gasteiger partial charge is 0.136 e. The fourth-order valence-electron chi connectivity index (χ4n) is 5.94. The van der Waals surface area contributed by atoms with Gasteiger partial charge in [-0.15, -0.1) is 11.3 Å². The van der Waals surface area contributed by atoms with Crippen LogP contribution in [-0.4, -0.2) is 0 Å². The van der Waals surface area contributed by atoms with E-state index in [1.165, 1.54) is 20.2 Å². The maximum absolute atomic E-state index is 10.8. The largest absolute Gasteiger partial charge is 0.456 e. The van der Waals surface area contributed by atoms with Gasteiger partial charge in [0.25, 0.3) is 0 Å². The molecule has 8 rings (SSSR count). The predicted octanol–water partition coefficient (Wildman–Crippen LogP) is 10.8. The highest BCUT2D eigenvalue weighted by Gasteiger charge is 2.21. The summed E-state index contributed by atoms with van der Waals surface area (Å²) in [5.74, 6) is 0. The molecule has 6 aromatic carbocycles. The monoisotopic (exact) mass is 527 g/mol. The van der Waals surface area contributed by atoms with Gasteiger partial charge in [0.1, 0.15) is 17.2 Å². The van der Waals surface area contributed by atoms with Crippen LogP contribution in [0.25, 0.3) is 75.5 Å². The second kappa shape index (κ2) is 8.95. The molecular weight excluding hydrogens is 506 g/mol. The highest BCUT2D eigenvalue weighted by molar-refractivity contribution is 7.26. The van der Waals surface area contributed by atoms with Gasteiger partial charge in [-0.05, 0) is 47.0 Å². The number of furan rings is 1. The molecule has 0 unspecified atom stereocenters. The summed E-state index contributed by atoms with van der Waals surface area (Å²) in [6, 6.07) is 46.6. The summed E-state index contributed by atoms with van der Waals surface area (Å²) in [5, 5.41) is 15.3. The Morgan fingerprint density at radius 1 is 0.525 bits per heavy atom. The topological polar surface area (TPSA) is 36.9 Å². The number of fused-ring (bicyclic) bond motifs is 6. The first-order valence-electron chi connectivity index (χ1n) is 13.2. The average molecular weight is 528 g/mol. The van der Waals surface area contributed by atoms with E-state index in [-0.39, 0.29) is 0 Å². The van der Waals surface area contributed by atoms with Crippen LogP contribution in [-0.2, 0) is 0 Å². The van der Waals surface area contributed by atoms with Crippen molar-refractivity contribution in [2.45, 2.75) is 0 Å². The SMILES string of the molecule is N#Cc1c(-c2cccc3c2sc2ccccc23)cc(-c2ccccc2)cc1-c1cccc2oc3ccccc3c12. The number of nitrogens with zero attached hydrogens (tertiary/aromatic N) is 1. The third-order valence-corrected chi connectivity index (χ3v) is 8.96. The molecule has 0 aliphatic carbocycles. The summed E-state index contributed by atoms with van der Waals surface area (Å²) in [7, 11) is 0. The Bertz CT molecular complexity index is 2280. The lowest BCUT2D eigenvalue weighted by Crippen LogP contribution is -1.93. The molecule has 186 valence electrons. The van der Waals surface area contributed by atoms with Crippen molar-refractivity contribution in [1.82, 2.24) is 0 Å². The fourth-order valence-corrected chi connectivity index (χ4v) is 7.17. The molecule has 0 radical (unpaired) electrons. The minimum Gasteiger partial charge on any atom is -0.456 e. The Labute approximate surface area is 235 Å². The van der Waals surface area contributed by atoms with Gasteiger partial charge < -0.3 is 4.42 Å². The van der Waals surface area contributed by atoms with Gasteiger partial charge in [-0.1, -0.05) is 97.1 Å². The van der Waals surface area contributed by atoms with Gasteiger partial charge in [-0.3, -0.25) is 0 Å². The normalized spacial score (nSPS) is 11.5. The van der Waals surface area contributed by atoms with Gasteiger partial charge in [0.15, 0.2) is 0 Å². The van der Waals surface area contributed by atoms with Crippen molar-refractivity contribution in [1.29, 1.82) is 5.26 Å². The van der Waals surface area contributed by atoms with E-state index in [1.54, 1.807) is 11.3 Å². The molecule has 2 aromatic heterocycles. The third-order valence-electron chi connectivity index (χ3n) is 7.74. The molecule has 0 spiro atoms. The van der Waals surface area contributed by atoms with Gasteiger partial charge in [0.05, 0.1) is 5.56 Å². The van der Waals surface area contributed by atoms with Crippen molar-refractivity contribution < 1.29 is 4.42 Å². The lowest BCUT2D eigenvalue weighted by atomic mass is 9.86. The highest BCUT2D eigenvalue weighted by atomic mass is 32.1. The number of hydrogen-bond donors (Lipinski definition) is 0. The number of hydrogen-bond acceptors (Lipinski definition) is 3. The number of thiophene rings is 1. The number of rotatable bonds is 3. The predicted molar refractivity (Wildman–Crippen MR) is 168 cm³/mol. The molecule has 0 saturated carbocycles. The van der Waals surface area contributed by atoms with Crippen LogP contribution in [0.3, 0.4) is 0 Å². The zero-order valence-corrected chi connectivity index (χ0v) is 22.2. The molecule has 0 aliphatic heterocycles. The molecule has 0 fully saturated rings. The van der Waals surface area contributed by atoms with Gasteiger partial charge in [-0.25, -0.2) is 0 Å². The van der Waals surface area contributed by atoms with Crippen LogP contribution in [0, 0.1) is 11.3 Å². The van der Waals surface area contributed by atoms with E-state index >= 15 is 0 Å². The highest BCUT2D eigenvalue weighted by Crippen LogP contribution is 2.45. The van der Waals surface area contributed by atoms with Gasteiger partial charge >= 0.3 is 0 Å². The second-order valence-corrected chi connectivity index (χ2v) is 11.0. The van der Waals surface area contributed by atoms with E-state index in [0.717, 1.165) is 55.3 Å². The fraction of sp³-hybridized carbons (Fsp3) is 0. The van der Waals surface area contributed by atoms with Crippen LogP contribution in [0.5, 0.6) is 0 Å². The molecule has 40 heavy (non-hydrogen) atoms. The van der Waals surface area contributed by atoms with Gasteiger partial charge in [0.2, 0.25) is 0 Å². The Morgan fingerprint density at radius 2 is 1.18 bits per heavy atom. The summed E-state index contributed by atoms with van der Waals surface area (Å²) < 4.78 is 8.67. The van der Waals surface area contributed by atoms with Crippen LogP contribution in [0.4, 0.5) is 0 Å². The van der Waals surface area contributed by atoms with Crippen molar-refractivity contribution in [3.63, 3.8) is 0 Å². The lowest BCUT2D eigenvalue weighted by Gasteiger charge is -2.15. The van der Waals surface area contributed by atoms with Crippen LogP contribution in [0.2, 0.25) is 0 Å². The summed E-state index contributed by atoms with van der Waals surface area (Å²) in [4.78, 5) is 0. The lowest BCUT2D eigenvalue weighted by molar-refractivity contribution is 0.669. The summed E-state index contributed by atoms with van der Waals surface area (Å²) in [6.45, 7) is 0. The van der Waals surface area contributed by atoms with Gasteiger partial charge in [-0.2, -0.15) is 5.26 Å². The standard InChI is InChI=1S/C37H21NOS/c38-22-32-30(26-14-9-18-34-36(26)29-13-4-6-17-33(29)39-34)20-24(23-10-2-1-3-11-23)21-31(32)28-16-8-15-27-25-12-5-7-19-35(25)40-37(27)28/h1-21H. The van der Waals surface area contributed by atoms with E-state index < -0.39 is 0 Å². The Balaban J connectivity index is 1.50. The van der Waals surface area contributed by atoms with Crippen LogP contribution >= 0.6 is 11.3 Å². The van der Waals surface area contributed by atoms with Crippen molar-refractivity contribution in [2.75, 3.05) is 0 Å². The Morgan fingerprint density at radius 3 is 2.02 bits per heavy atom. The molecule has 0 saturated heterocycles. The quantitative estimate of drug-likeness (QED) is 0.229. The molecule has 0 N–H and O–H groups in total. The first-order chi connectivity index (χ1) is 19.8. The van der Waals surface area contributed by atoms with E-state index in [9.17, 15) is 5.26 Å². The molecule has 2 nitrogen and oxygen atoms in total. The summed E-state index contributed by atoms with van der Waals surface area (Å²) in [6.07, 6.45) is 0. The minimum absolute atomic E-state index is 0.669. The maximum Gasteiger partial charge on any atom is 0.136 e. The molecule has 3 heteroatoms. The van der Waals surface area contributed by atoms with E-state index in [2.05, 4.69) is 97.1 Å². The molecule has 0 atom stereocenters. The Hall–Kier alpha value is -5.17. The van der Waals surface area contributed by atoms with Crippen LogP contribution in [0.15, 0.2) is 132 Å². The van der Waals surface area contributed by atoms with Crippen molar-refractivity contribution in [3.8, 4) is 39.4 Å². The molecule has 0 bridgehead atoms. The molecule has 0 amide bonds. The minimum atomic E-state index is 0.669. The van der Waals surface area contributed by atoms with Crippen LogP contribution in [0.1, 0.15) is 5.56 Å². The average Bonchev–Trinajstić information content (AvgIpc) is 3.59. The van der Waals surface area contributed by atoms with Gasteiger partial charge in [0, 0.05) is 47.6 Å². The summed E-state index contributed by atoms with van der Waals surface area (Å²) in [5.41, 5.74) is 8.46. The maximum atomic E-state index is 10.8. The van der Waals surface area contributed by atoms with E-state index in [1.807, 2.05) is 36.4 Å². The molecule has 2 heterocycles. The zero-order chi connectivity index (χ0) is 26.6. The number of para-hydroxylation sites is 1. The van der Waals surface area contributed by atoms with E-state index in [0.29, 0.717) is 5.56 Å². The molecular formula is C37H21NOS. The van der Waals surface area contributed by atoms with Crippen molar-refractivity contribution >= 4 is 53.4 Å². The number of benzene rings is 6. The van der Waals surface area contributed by atoms with E-state index in [4.69, 9.17) is 4.42 Å². The first kappa shape index (κ1) is 22.8. The number of nitriles is 1. The Kier molecular flexibility index (Phi) is 5.10. The van der Waals surface area contributed by atoms with Crippen molar-refractivity contribution in [2.24, 2.45) is 0 Å². The molecule has 0 aliphatic rings. The summed E-state index contributed by atoms with van der Waals surface area (Å²) >= 11 is 1.79. The second-order valence-electron chi connectivity index (χ2n) is 9.98. The third kappa shape index (κ3) is 3.41. The first-order valence-corrected chi connectivity index (χ1v) is 14.1. The molecule has 8 aromatic rings. The zero-order valence-electron chi connectivity index (χ0n) is 21.4. The van der Waals surface area contributed by atoms with Crippen molar-refractivity contribution in [3.05, 3.63) is 133 Å². The van der Waals surface area contributed by atoms with Crippen LogP contribution < -0.4 is 0 Å².